The van der Waals surface area contributed by atoms with Crippen LogP contribution in [0.15, 0.2) is 22.1 Å². The van der Waals surface area contributed by atoms with Gasteiger partial charge in [0.15, 0.2) is 5.16 Å². The summed E-state index contributed by atoms with van der Waals surface area (Å²) in [6.45, 7) is 0. The van der Waals surface area contributed by atoms with Crippen molar-refractivity contribution in [2.24, 2.45) is 0 Å². The highest BCUT2D eigenvalue weighted by molar-refractivity contribution is 7.98. The minimum absolute atomic E-state index is 0.137. The molecule has 2 rings (SSSR count). The molecule has 1 N–H and O–H groups in total. The van der Waals surface area contributed by atoms with Gasteiger partial charge in [-0.1, -0.05) is 23.4 Å². The Labute approximate surface area is 121 Å². The highest BCUT2D eigenvalue weighted by Gasteiger charge is 2.19. The summed E-state index contributed by atoms with van der Waals surface area (Å²) in [4.78, 5) is 18.1. The fraction of sp³-hybridized carbons (Fsp3) is 0.0833. The molecule has 0 spiro atoms. The zero-order valence-corrected chi connectivity index (χ0v) is 11.6. The molecule has 1 heterocycles. The number of nitrogens with zero attached hydrogens (tertiary/aromatic N) is 2. The fourth-order valence-corrected chi connectivity index (χ4v) is 2.15. The Hall–Kier alpha value is -1.91. The average molecular weight is 314 g/mol. The van der Waals surface area contributed by atoms with Gasteiger partial charge >= 0.3 is 0 Å². The van der Waals surface area contributed by atoms with E-state index < -0.39 is 22.2 Å². The SMILES string of the molecule is CSc1nc(-c2cc(F)cc(F)c2Cl)c(C#N)c(=O)[nH]1. The van der Waals surface area contributed by atoms with Gasteiger partial charge in [-0.2, -0.15) is 5.26 Å². The van der Waals surface area contributed by atoms with Crippen LogP contribution in [0.4, 0.5) is 8.78 Å². The van der Waals surface area contributed by atoms with Crippen molar-refractivity contribution >= 4 is 23.4 Å². The lowest BCUT2D eigenvalue weighted by molar-refractivity contribution is 0.584. The third-order valence-electron chi connectivity index (χ3n) is 2.45. The van der Waals surface area contributed by atoms with Crippen molar-refractivity contribution < 1.29 is 8.78 Å². The molecule has 0 saturated heterocycles. The molecule has 1 aromatic carbocycles. The average Bonchev–Trinajstić information content (AvgIpc) is 2.41. The molecular weight excluding hydrogens is 308 g/mol. The summed E-state index contributed by atoms with van der Waals surface area (Å²) < 4.78 is 26.8. The maximum Gasteiger partial charge on any atom is 0.270 e. The second-order valence-electron chi connectivity index (χ2n) is 3.66. The lowest BCUT2D eigenvalue weighted by Crippen LogP contribution is -2.14. The number of hydrogen-bond acceptors (Lipinski definition) is 4. The van der Waals surface area contributed by atoms with Crippen LogP contribution in [0.3, 0.4) is 0 Å². The molecule has 0 saturated carbocycles. The highest BCUT2D eigenvalue weighted by Crippen LogP contribution is 2.31. The molecule has 0 fully saturated rings. The van der Waals surface area contributed by atoms with Crippen LogP contribution in [0.2, 0.25) is 5.02 Å². The maximum absolute atomic E-state index is 13.5. The molecule has 0 radical (unpaired) electrons. The standard InChI is InChI=1S/C12H6ClF2N3OS/c1-20-12-17-10(7(4-16)11(19)18-12)6-2-5(14)3-8(15)9(6)13/h2-3H,1H3,(H,17,18,19). The molecule has 102 valence electrons. The van der Waals surface area contributed by atoms with E-state index in [9.17, 15) is 13.6 Å². The third-order valence-corrected chi connectivity index (χ3v) is 3.42. The van der Waals surface area contributed by atoms with Gasteiger partial charge in [0, 0.05) is 11.6 Å². The smallest absolute Gasteiger partial charge is 0.270 e. The van der Waals surface area contributed by atoms with Gasteiger partial charge in [0.2, 0.25) is 0 Å². The van der Waals surface area contributed by atoms with E-state index in [1.54, 1.807) is 12.3 Å². The van der Waals surface area contributed by atoms with E-state index in [1.807, 2.05) is 0 Å². The number of hydrogen-bond donors (Lipinski definition) is 1. The summed E-state index contributed by atoms with van der Waals surface area (Å²) in [5, 5.41) is 8.82. The Kier molecular flexibility index (Phi) is 4.06. The van der Waals surface area contributed by atoms with Gasteiger partial charge in [-0.25, -0.2) is 13.8 Å². The van der Waals surface area contributed by atoms with Crippen molar-refractivity contribution in [3.05, 3.63) is 44.7 Å². The van der Waals surface area contributed by atoms with Crippen LogP contribution in [0.5, 0.6) is 0 Å². The fourth-order valence-electron chi connectivity index (χ4n) is 1.58. The molecule has 2 aromatic rings. The Morgan fingerprint density at radius 1 is 1.45 bits per heavy atom. The number of nitrogens with one attached hydrogen (secondary N) is 1. The second-order valence-corrected chi connectivity index (χ2v) is 4.83. The van der Waals surface area contributed by atoms with E-state index >= 15 is 0 Å². The molecular formula is C12H6ClF2N3OS. The van der Waals surface area contributed by atoms with Crippen molar-refractivity contribution in [3.8, 4) is 17.3 Å². The number of aromatic nitrogens is 2. The molecule has 0 amide bonds. The van der Waals surface area contributed by atoms with Crippen molar-refractivity contribution in [2.45, 2.75) is 5.16 Å². The van der Waals surface area contributed by atoms with Gasteiger partial charge in [0.05, 0.1) is 10.7 Å². The highest BCUT2D eigenvalue weighted by atomic mass is 35.5. The second kappa shape index (κ2) is 5.61. The zero-order chi connectivity index (χ0) is 14.9. The van der Waals surface area contributed by atoms with Crippen LogP contribution in [0.25, 0.3) is 11.3 Å². The van der Waals surface area contributed by atoms with Gasteiger partial charge in [-0.15, -0.1) is 0 Å². The van der Waals surface area contributed by atoms with Crippen LogP contribution >= 0.6 is 23.4 Å². The number of aromatic amines is 1. The van der Waals surface area contributed by atoms with Crippen molar-refractivity contribution in [3.63, 3.8) is 0 Å². The zero-order valence-electron chi connectivity index (χ0n) is 10.00. The monoisotopic (exact) mass is 313 g/mol. The van der Waals surface area contributed by atoms with E-state index in [2.05, 4.69) is 9.97 Å². The first-order valence-corrected chi connectivity index (χ1v) is 6.81. The van der Waals surface area contributed by atoms with E-state index in [0.29, 0.717) is 6.07 Å². The minimum Gasteiger partial charge on any atom is -0.300 e. The van der Waals surface area contributed by atoms with Gasteiger partial charge in [0.25, 0.3) is 5.56 Å². The predicted octanol–water partition coefficient (Wildman–Crippen LogP) is 2.96. The van der Waals surface area contributed by atoms with Crippen LogP contribution in [0, 0.1) is 23.0 Å². The number of thioether (sulfide) groups is 1. The summed E-state index contributed by atoms with van der Waals surface area (Å²) >= 11 is 6.89. The summed E-state index contributed by atoms with van der Waals surface area (Å²) in [6.07, 6.45) is 1.65. The van der Waals surface area contributed by atoms with Gasteiger partial charge < -0.3 is 4.98 Å². The molecule has 8 heteroatoms. The molecule has 0 aliphatic heterocycles. The number of nitriles is 1. The van der Waals surface area contributed by atoms with Crippen molar-refractivity contribution in [1.29, 1.82) is 5.26 Å². The summed E-state index contributed by atoms with van der Waals surface area (Å²) in [7, 11) is 0. The van der Waals surface area contributed by atoms with Gasteiger partial charge in [-0.05, 0) is 12.3 Å². The van der Waals surface area contributed by atoms with Crippen molar-refractivity contribution in [2.75, 3.05) is 6.26 Å². The largest absolute Gasteiger partial charge is 0.300 e. The molecule has 0 aliphatic rings. The lowest BCUT2D eigenvalue weighted by Gasteiger charge is -2.08. The van der Waals surface area contributed by atoms with E-state index in [1.165, 1.54) is 0 Å². The molecule has 0 aliphatic carbocycles. The van der Waals surface area contributed by atoms with Crippen LogP contribution < -0.4 is 5.56 Å². The first kappa shape index (κ1) is 14.5. The Bertz CT molecular complexity index is 785. The molecule has 0 atom stereocenters. The molecule has 0 bridgehead atoms. The Morgan fingerprint density at radius 3 is 2.75 bits per heavy atom. The Balaban J connectivity index is 2.85. The lowest BCUT2D eigenvalue weighted by atomic mass is 10.1. The maximum atomic E-state index is 13.5. The summed E-state index contributed by atoms with van der Waals surface area (Å²) in [5.74, 6) is -1.86. The number of halogens is 3. The van der Waals surface area contributed by atoms with E-state index in [4.69, 9.17) is 16.9 Å². The molecule has 20 heavy (non-hydrogen) atoms. The van der Waals surface area contributed by atoms with Crippen LogP contribution in [-0.4, -0.2) is 16.2 Å². The topological polar surface area (TPSA) is 69.5 Å². The minimum atomic E-state index is -0.988. The molecule has 1 aromatic heterocycles. The first-order valence-electron chi connectivity index (χ1n) is 5.21. The van der Waals surface area contributed by atoms with Crippen molar-refractivity contribution in [1.82, 2.24) is 9.97 Å². The van der Waals surface area contributed by atoms with E-state index in [-0.39, 0.29) is 22.0 Å². The van der Waals surface area contributed by atoms with Crippen LogP contribution in [-0.2, 0) is 0 Å². The Morgan fingerprint density at radius 2 is 2.15 bits per heavy atom. The quantitative estimate of drug-likeness (QED) is 0.526. The van der Waals surface area contributed by atoms with Gasteiger partial charge in [-0.3, -0.25) is 4.79 Å². The van der Waals surface area contributed by atoms with Crippen LogP contribution in [0.1, 0.15) is 5.56 Å². The molecule has 0 unspecified atom stereocenters. The number of H-pyrrole nitrogens is 1. The third kappa shape index (κ3) is 2.53. The molecule has 4 nitrogen and oxygen atoms in total. The summed E-state index contributed by atoms with van der Waals surface area (Å²) in [5.41, 5.74) is -1.33. The summed E-state index contributed by atoms with van der Waals surface area (Å²) in [6, 6.07) is 3.20. The predicted molar refractivity (Wildman–Crippen MR) is 71.7 cm³/mol. The number of rotatable bonds is 2. The normalized spacial score (nSPS) is 10.3. The van der Waals surface area contributed by atoms with Gasteiger partial charge in [0.1, 0.15) is 23.3 Å². The number of benzene rings is 1. The van der Waals surface area contributed by atoms with E-state index in [0.717, 1.165) is 17.8 Å². The first-order chi connectivity index (χ1) is 9.47.